The fourth-order valence-electron chi connectivity index (χ4n) is 3.74. The second-order valence-corrected chi connectivity index (χ2v) is 9.66. The first-order chi connectivity index (χ1) is 17.9. The number of anilines is 2. The molecule has 1 fully saturated rings. The molecule has 3 amide bonds. The number of esters is 1. The van der Waals surface area contributed by atoms with Gasteiger partial charge in [-0.05, 0) is 55.0 Å². The molecule has 2 N–H and O–H groups in total. The van der Waals surface area contributed by atoms with Crippen molar-refractivity contribution in [3.8, 4) is 0 Å². The second kappa shape index (κ2) is 12.0. The molecule has 0 saturated carbocycles. The van der Waals surface area contributed by atoms with Gasteiger partial charge in [-0.2, -0.15) is 0 Å². The lowest BCUT2D eigenvalue weighted by Gasteiger charge is -2.26. The van der Waals surface area contributed by atoms with Crippen LogP contribution >= 0.6 is 22.9 Å². The van der Waals surface area contributed by atoms with E-state index in [1.165, 1.54) is 0 Å². The first-order valence-corrected chi connectivity index (χ1v) is 12.7. The summed E-state index contributed by atoms with van der Waals surface area (Å²) in [5.74, 6) is -1.54. The minimum atomic E-state index is -0.600. The maximum Gasteiger partial charge on any atom is 0.340 e. The summed E-state index contributed by atoms with van der Waals surface area (Å²) in [5, 5.41) is 5.59. The SMILES string of the molecule is CCOC(=O)c1cccc(CNC(=O)c2ccc(Cl)s2)c1NC(=O)c1ccc(N2CCOCC2=O)cc1. The van der Waals surface area contributed by atoms with Crippen molar-refractivity contribution in [3.63, 3.8) is 0 Å². The lowest BCUT2D eigenvalue weighted by molar-refractivity contribution is -0.125. The number of hydrogen-bond acceptors (Lipinski definition) is 7. The van der Waals surface area contributed by atoms with Gasteiger partial charge in [0.05, 0.1) is 33.7 Å². The van der Waals surface area contributed by atoms with Crippen molar-refractivity contribution < 1.29 is 28.7 Å². The van der Waals surface area contributed by atoms with Gasteiger partial charge in [0, 0.05) is 24.3 Å². The Morgan fingerprint density at radius 1 is 1.08 bits per heavy atom. The number of rotatable bonds is 8. The molecule has 0 unspecified atom stereocenters. The van der Waals surface area contributed by atoms with Gasteiger partial charge in [-0.3, -0.25) is 14.4 Å². The van der Waals surface area contributed by atoms with E-state index in [9.17, 15) is 19.2 Å². The van der Waals surface area contributed by atoms with Crippen LogP contribution in [0.15, 0.2) is 54.6 Å². The molecular formula is C26H24ClN3O6S. The summed E-state index contributed by atoms with van der Waals surface area (Å²) in [6.07, 6.45) is 0. The van der Waals surface area contributed by atoms with Crippen molar-refractivity contribution in [1.82, 2.24) is 5.32 Å². The number of halogens is 1. The monoisotopic (exact) mass is 541 g/mol. The third-order valence-electron chi connectivity index (χ3n) is 5.55. The Morgan fingerprint density at radius 2 is 1.86 bits per heavy atom. The summed E-state index contributed by atoms with van der Waals surface area (Å²) in [5.41, 5.74) is 1.91. The lowest BCUT2D eigenvalue weighted by Crippen LogP contribution is -2.41. The standard InChI is InChI=1S/C26H24ClN3O6S/c1-2-36-26(34)19-5-3-4-17(14-28-25(33)20-10-11-21(27)37-20)23(19)29-24(32)16-6-8-18(9-7-16)30-12-13-35-15-22(30)31/h3-11H,2,12-15H2,1H3,(H,28,33)(H,29,32). The van der Waals surface area contributed by atoms with Crippen molar-refractivity contribution in [2.75, 3.05) is 36.6 Å². The molecule has 2 aromatic carbocycles. The van der Waals surface area contributed by atoms with Crippen LogP contribution in [0.1, 0.15) is 42.9 Å². The number of para-hydroxylation sites is 1. The molecule has 1 aromatic heterocycles. The van der Waals surface area contributed by atoms with E-state index in [1.807, 2.05) is 0 Å². The molecule has 1 saturated heterocycles. The minimum absolute atomic E-state index is 0.0196. The highest BCUT2D eigenvalue weighted by molar-refractivity contribution is 7.18. The van der Waals surface area contributed by atoms with Crippen LogP contribution in [0.5, 0.6) is 0 Å². The summed E-state index contributed by atoms with van der Waals surface area (Å²) in [6.45, 7) is 2.80. The molecule has 3 aromatic rings. The summed E-state index contributed by atoms with van der Waals surface area (Å²) >= 11 is 7.07. The normalized spacial score (nSPS) is 13.2. The topological polar surface area (TPSA) is 114 Å². The smallest absolute Gasteiger partial charge is 0.340 e. The predicted octanol–water partition coefficient (Wildman–Crippen LogP) is 4.12. The zero-order valence-electron chi connectivity index (χ0n) is 19.9. The molecule has 0 aliphatic carbocycles. The van der Waals surface area contributed by atoms with E-state index in [1.54, 1.807) is 66.4 Å². The van der Waals surface area contributed by atoms with Crippen LogP contribution in [0.3, 0.4) is 0 Å². The lowest BCUT2D eigenvalue weighted by atomic mass is 10.1. The number of morpholine rings is 1. The second-order valence-electron chi connectivity index (χ2n) is 7.95. The number of nitrogens with zero attached hydrogens (tertiary/aromatic N) is 1. The number of ether oxygens (including phenoxy) is 2. The van der Waals surface area contributed by atoms with Gasteiger partial charge in [-0.15, -0.1) is 11.3 Å². The Labute approximate surface area is 222 Å². The summed E-state index contributed by atoms with van der Waals surface area (Å²) in [7, 11) is 0. The Hall–Kier alpha value is -3.73. The van der Waals surface area contributed by atoms with Crippen molar-refractivity contribution >= 4 is 58.0 Å². The number of amides is 3. The van der Waals surface area contributed by atoms with Crippen LogP contribution in [0.4, 0.5) is 11.4 Å². The van der Waals surface area contributed by atoms with Crippen molar-refractivity contribution in [2.24, 2.45) is 0 Å². The maximum absolute atomic E-state index is 13.1. The van der Waals surface area contributed by atoms with E-state index in [4.69, 9.17) is 21.1 Å². The fourth-order valence-corrected chi connectivity index (χ4v) is 4.70. The fraction of sp³-hybridized carbons (Fsp3) is 0.231. The van der Waals surface area contributed by atoms with Crippen LogP contribution in [0.25, 0.3) is 0 Å². The molecule has 192 valence electrons. The highest BCUT2D eigenvalue weighted by atomic mass is 35.5. The van der Waals surface area contributed by atoms with E-state index in [2.05, 4.69) is 10.6 Å². The Kier molecular flexibility index (Phi) is 8.54. The number of carbonyl (C=O) groups is 4. The Bertz CT molecular complexity index is 1320. The van der Waals surface area contributed by atoms with Gasteiger partial charge in [0.2, 0.25) is 0 Å². The average Bonchev–Trinajstić information content (AvgIpc) is 3.34. The molecule has 0 atom stereocenters. The Morgan fingerprint density at radius 3 is 2.54 bits per heavy atom. The quantitative estimate of drug-likeness (QED) is 0.415. The number of hydrogen-bond donors (Lipinski definition) is 2. The largest absolute Gasteiger partial charge is 0.462 e. The molecule has 1 aliphatic heterocycles. The van der Waals surface area contributed by atoms with E-state index < -0.39 is 11.9 Å². The van der Waals surface area contributed by atoms with Crippen molar-refractivity contribution in [1.29, 1.82) is 0 Å². The summed E-state index contributed by atoms with van der Waals surface area (Å²) < 4.78 is 10.8. The average molecular weight is 542 g/mol. The van der Waals surface area contributed by atoms with Gasteiger partial charge in [-0.1, -0.05) is 23.7 Å². The van der Waals surface area contributed by atoms with E-state index >= 15 is 0 Å². The van der Waals surface area contributed by atoms with Crippen molar-refractivity contribution in [2.45, 2.75) is 13.5 Å². The molecule has 0 bridgehead atoms. The highest BCUT2D eigenvalue weighted by Gasteiger charge is 2.22. The summed E-state index contributed by atoms with van der Waals surface area (Å²) in [6, 6.07) is 14.7. The van der Waals surface area contributed by atoms with Crippen LogP contribution in [0, 0.1) is 0 Å². The molecule has 37 heavy (non-hydrogen) atoms. The number of thiophene rings is 1. The van der Waals surface area contributed by atoms with Crippen molar-refractivity contribution in [3.05, 3.63) is 80.5 Å². The third-order valence-corrected chi connectivity index (χ3v) is 6.78. The van der Waals surface area contributed by atoms with Crippen LogP contribution in [0.2, 0.25) is 4.34 Å². The van der Waals surface area contributed by atoms with Crippen LogP contribution in [-0.4, -0.2) is 50.1 Å². The van der Waals surface area contributed by atoms with Gasteiger partial charge in [0.1, 0.15) is 6.61 Å². The van der Waals surface area contributed by atoms with E-state index in [0.717, 1.165) is 11.3 Å². The van der Waals surface area contributed by atoms with Crippen LogP contribution < -0.4 is 15.5 Å². The Balaban J connectivity index is 1.55. The molecule has 4 rings (SSSR count). The number of carbonyl (C=O) groups excluding carboxylic acids is 4. The first-order valence-electron chi connectivity index (χ1n) is 11.5. The minimum Gasteiger partial charge on any atom is -0.462 e. The number of benzene rings is 2. The molecule has 0 spiro atoms. The van der Waals surface area contributed by atoms with Gasteiger partial charge in [0.15, 0.2) is 0 Å². The summed E-state index contributed by atoms with van der Waals surface area (Å²) in [4.78, 5) is 52.4. The van der Waals surface area contributed by atoms with Gasteiger partial charge >= 0.3 is 5.97 Å². The molecule has 2 heterocycles. The molecule has 9 nitrogen and oxygen atoms in total. The van der Waals surface area contributed by atoms with Gasteiger partial charge in [0.25, 0.3) is 17.7 Å². The van der Waals surface area contributed by atoms with E-state index in [0.29, 0.717) is 39.2 Å². The van der Waals surface area contributed by atoms with Gasteiger partial charge in [-0.25, -0.2) is 4.79 Å². The highest BCUT2D eigenvalue weighted by Crippen LogP contribution is 2.25. The molecule has 11 heteroatoms. The predicted molar refractivity (Wildman–Crippen MR) is 140 cm³/mol. The van der Waals surface area contributed by atoms with Crippen LogP contribution in [-0.2, 0) is 20.8 Å². The van der Waals surface area contributed by atoms with Gasteiger partial charge < -0.3 is 25.0 Å². The van der Waals surface area contributed by atoms with E-state index in [-0.39, 0.29) is 42.8 Å². The first kappa shape index (κ1) is 26.3. The molecular weight excluding hydrogens is 518 g/mol. The maximum atomic E-state index is 13.1. The molecule has 0 radical (unpaired) electrons. The third kappa shape index (κ3) is 6.34. The number of nitrogens with one attached hydrogen (secondary N) is 2. The molecule has 1 aliphatic rings. The zero-order chi connectivity index (χ0) is 26.4. The zero-order valence-corrected chi connectivity index (χ0v) is 21.5.